The summed E-state index contributed by atoms with van der Waals surface area (Å²) in [4.78, 5) is 12.1. The van der Waals surface area contributed by atoms with E-state index in [4.69, 9.17) is 0 Å². The van der Waals surface area contributed by atoms with Gasteiger partial charge in [0.2, 0.25) is 0 Å². The second-order valence-corrected chi connectivity index (χ2v) is 4.75. The zero-order valence-electron chi connectivity index (χ0n) is 10.9. The molecule has 3 heteroatoms. The van der Waals surface area contributed by atoms with Gasteiger partial charge in [-0.05, 0) is 45.3 Å². The first kappa shape index (κ1) is 13.5. The molecule has 1 aromatic heterocycles. The molecule has 0 radical (unpaired) electrons. The van der Waals surface area contributed by atoms with Gasteiger partial charge in [-0.1, -0.05) is 18.2 Å². The lowest BCUT2D eigenvalue weighted by atomic mass is 10.1. The molecular weight excluding hydrogens is 212 g/mol. The molecule has 2 aromatic rings. The van der Waals surface area contributed by atoms with Crippen LogP contribution in [0.5, 0.6) is 0 Å². The minimum Gasteiger partial charge on any atom is -0.333 e. The number of rotatable bonds is 0. The molecule has 0 spiro atoms. The van der Waals surface area contributed by atoms with Gasteiger partial charge in [-0.2, -0.15) is 0 Å². The molecule has 2 rings (SSSR count). The Morgan fingerprint density at radius 3 is 2.24 bits per heavy atom. The smallest absolute Gasteiger partial charge is 0.258 e. The van der Waals surface area contributed by atoms with Crippen molar-refractivity contribution in [1.29, 1.82) is 0 Å². The first-order valence-corrected chi connectivity index (χ1v) is 5.69. The monoisotopic (exact) mass is 232 g/mol. The highest BCUT2D eigenvalue weighted by Gasteiger charge is 2.14. The van der Waals surface area contributed by atoms with E-state index in [-0.39, 0.29) is 11.1 Å². The van der Waals surface area contributed by atoms with Crippen LogP contribution in [0.15, 0.2) is 41.3 Å². The molecule has 1 aromatic carbocycles. The lowest BCUT2D eigenvalue weighted by molar-refractivity contribution is 0.386. The molecule has 1 heterocycles. The molecule has 17 heavy (non-hydrogen) atoms. The Bertz CT molecular complexity index is 550. The zero-order chi connectivity index (χ0) is 13.1. The number of fused-ring (bicyclic) bond motifs is 1. The molecule has 0 amide bonds. The van der Waals surface area contributed by atoms with E-state index < -0.39 is 0 Å². The maximum Gasteiger partial charge on any atom is 0.258 e. The van der Waals surface area contributed by atoms with Crippen LogP contribution in [0.3, 0.4) is 0 Å². The molecule has 0 aliphatic carbocycles. The van der Waals surface area contributed by atoms with Crippen LogP contribution >= 0.6 is 0 Å². The van der Waals surface area contributed by atoms with Crippen molar-refractivity contribution in [3.8, 4) is 0 Å². The van der Waals surface area contributed by atoms with Gasteiger partial charge in [-0.15, -0.1) is 0 Å². The van der Waals surface area contributed by atoms with Crippen LogP contribution in [0.25, 0.3) is 10.8 Å². The Balaban J connectivity index is 0.000000686. The van der Waals surface area contributed by atoms with Crippen molar-refractivity contribution in [2.75, 3.05) is 7.05 Å². The Kier molecular flexibility index (Phi) is 4.07. The van der Waals surface area contributed by atoms with Gasteiger partial charge in [0, 0.05) is 17.1 Å². The van der Waals surface area contributed by atoms with Gasteiger partial charge in [0.15, 0.2) is 0 Å². The van der Waals surface area contributed by atoms with Gasteiger partial charge in [0.1, 0.15) is 0 Å². The van der Waals surface area contributed by atoms with Crippen LogP contribution in [0.4, 0.5) is 0 Å². The van der Waals surface area contributed by atoms with E-state index >= 15 is 0 Å². The summed E-state index contributed by atoms with van der Waals surface area (Å²) in [5.74, 6) is 0. The second kappa shape index (κ2) is 5.15. The minimum atomic E-state index is -0.166. The molecular formula is C14H20N2O. The summed E-state index contributed by atoms with van der Waals surface area (Å²) >= 11 is 0. The number of benzene rings is 1. The second-order valence-electron chi connectivity index (χ2n) is 4.75. The Labute approximate surface area is 102 Å². The summed E-state index contributed by atoms with van der Waals surface area (Å²) in [5.41, 5.74) is 4.42. The summed E-state index contributed by atoms with van der Waals surface area (Å²) in [7, 11) is 1.50. The van der Waals surface area contributed by atoms with Crippen LogP contribution in [-0.2, 0) is 5.54 Å². The van der Waals surface area contributed by atoms with E-state index in [1.807, 2.05) is 57.3 Å². The molecule has 3 nitrogen and oxygen atoms in total. The first-order valence-electron chi connectivity index (χ1n) is 5.69. The molecule has 0 atom stereocenters. The van der Waals surface area contributed by atoms with Crippen molar-refractivity contribution in [1.82, 2.24) is 4.57 Å². The van der Waals surface area contributed by atoms with Crippen LogP contribution in [0, 0.1) is 0 Å². The fourth-order valence-electron chi connectivity index (χ4n) is 1.72. The summed E-state index contributed by atoms with van der Waals surface area (Å²) in [6.07, 6.45) is 1.87. The highest BCUT2D eigenvalue weighted by atomic mass is 16.1. The van der Waals surface area contributed by atoms with Crippen LogP contribution in [0.1, 0.15) is 20.8 Å². The molecule has 0 bridgehead atoms. The largest absolute Gasteiger partial charge is 0.333 e. The quantitative estimate of drug-likeness (QED) is 0.758. The number of aromatic nitrogens is 1. The maximum absolute atomic E-state index is 12.1. The van der Waals surface area contributed by atoms with Gasteiger partial charge >= 0.3 is 0 Å². The predicted molar refractivity (Wildman–Crippen MR) is 73.3 cm³/mol. The fourth-order valence-corrected chi connectivity index (χ4v) is 1.72. The van der Waals surface area contributed by atoms with Crippen molar-refractivity contribution in [3.05, 3.63) is 46.9 Å². The number of nitrogens with two attached hydrogens (primary N) is 1. The fraction of sp³-hybridized carbons (Fsp3) is 0.357. The van der Waals surface area contributed by atoms with Gasteiger partial charge < -0.3 is 10.3 Å². The van der Waals surface area contributed by atoms with Crippen LogP contribution in [0.2, 0.25) is 0 Å². The summed E-state index contributed by atoms with van der Waals surface area (Å²) in [5, 5.41) is 1.79. The third kappa shape index (κ3) is 2.74. The molecule has 2 N–H and O–H groups in total. The Morgan fingerprint density at radius 2 is 1.65 bits per heavy atom. The molecule has 0 aliphatic rings. The average Bonchev–Trinajstić information content (AvgIpc) is 2.31. The Morgan fingerprint density at radius 1 is 1.06 bits per heavy atom. The molecule has 0 saturated carbocycles. The number of hydrogen-bond acceptors (Lipinski definition) is 2. The van der Waals surface area contributed by atoms with Crippen molar-refractivity contribution >= 4 is 10.8 Å². The van der Waals surface area contributed by atoms with E-state index in [9.17, 15) is 4.79 Å². The molecule has 0 fully saturated rings. The van der Waals surface area contributed by atoms with Crippen molar-refractivity contribution < 1.29 is 0 Å². The number of nitrogens with zero attached hydrogens (tertiary/aromatic N) is 1. The lowest BCUT2D eigenvalue weighted by Crippen LogP contribution is -2.33. The van der Waals surface area contributed by atoms with E-state index in [1.165, 1.54) is 7.05 Å². The van der Waals surface area contributed by atoms with Crippen molar-refractivity contribution in [3.63, 3.8) is 0 Å². The SMILES string of the molecule is CC(C)(C)n1ccc2ccccc2c1=O.CN. The van der Waals surface area contributed by atoms with E-state index in [0.29, 0.717) is 0 Å². The first-order chi connectivity index (χ1) is 8.00. The average molecular weight is 232 g/mol. The van der Waals surface area contributed by atoms with E-state index in [0.717, 1.165) is 10.8 Å². The number of hydrogen-bond donors (Lipinski definition) is 1. The third-order valence-corrected chi connectivity index (χ3v) is 2.54. The lowest BCUT2D eigenvalue weighted by Gasteiger charge is -2.22. The predicted octanol–water partition coefficient (Wildman–Crippen LogP) is 2.33. The molecule has 0 saturated heterocycles. The van der Waals surface area contributed by atoms with E-state index in [1.54, 1.807) is 4.57 Å². The highest BCUT2D eigenvalue weighted by molar-refractivity contribution is 5.81. The normalized spacial score (nSPS) is 10.9. The molecule has 92 valence electrons. The molecule has 0 unspecified atom stereocenters. The topological polar surface area (TPSA) is 48.0 Å². The van der Waals surface area contributed by atoms with Gasteiger partial charge in [0.25, 0.3) is 5.56 Å². The minimum absolute atomic E-state index is 0.0839. The Hall–Kier alpha value is -1.61. The van der Waals surface area contributed by atoms with Crippen LogP contribution in [-0.4, -0.2) is 11.6 Å². The summed E-state index contributed by atoms with van der Waals surface area (Å²) < 4.78 is 1.77. The van der Waals surface area contributed by atoms with Crippen LogP contribution < -0.4 is 11.3 Å². The maximum atomic E-state index is 12.1. The molecule has 0 aliphatic heterocycles. The van der Waals surface area contributed by atoms with Crippen molar-refractivity contribution in [2.45, 2.75) is 26.3 Å². The highest BCUT2D eigenvalue weighted by Crippen LogP contribution is 2.14. The van der Waals surface area contributed by atoms with Crippen molar-refractivity contribution in [2.24, 2.45) is 5.73 Å². The summed E-state index contributed by atoms with van der Waals surface area (Å²) in [6.45, 7) is 6.09. The standard InChI is InChI=1S/C13H15NO.CH5N/c1-13(2,3)14-9-8-10-6-4-5-7-11(10)12(14)15;1-2/h4-9H,1-3H3;2H2,1H3. The third-order valence-electron chi connectivity index (χ3n) is 2.54. The van der Waals surface area contributed by atoms with E-state index in [2.05, 4.69) is 5.73 Å². The number of pyridine rings is 1. The zero-order valence-corrected chi connectivity index (χ0v) is 10.9. The van der Waals surface area contributed by atoms with Gasteiger partial charge in [0.05, 0.1) is 0 Å². The van der Waals surface area contributed by atoms with Gasteiger partial charge in [-0.3, -0.25) is 4.79 Å². The summed E-state index contributed by atoms with van der Waals surface area (Å²) in [6, 6.07) is 9.67. The van der Waals surface area contributed by atoms with Gasteiger partial charge in [-0.25, -0.2) is 0 Å².